The summed E-state index contributed by atoms with van der Waals surface area (Å²) in [4.78, 5) is 25.3. The van der Waals surface area contributed by atoms with Gasteiger partial charge in [0.05, 0.1) is 23.0 Å². The third kappa shape index (κ3) is 6.18. The van der Waals surface area contributed by atoms with Gasteiger partial charge in [-0.1, -0.05) is 17.7 Å². The van der Waals surface area contributed by atoms with Crippen molar-refractivity contribution in [2.24, 2.45) is 5.92 Å². The zero-order valence-corrected chi connectivity index (χ0v) is 22.1. The van der Waals surface area contributed by atoms with Gasteiger partial charge in [-0.2, -0.15) is 8.61 Å². The Morgan fingerprint density at radius 1 is 0.757 bits per heavy atom. The van der Waals surface area contributed by atoms with Crippen LogP contribution in [0.3, 0.4) is 0 Å². The quantitative estimate of drug-likeness (QED) is 0.509. The number of hydrogen-bond acceptors (Lipinski definition) is 7. The van der Waals surface area contributed by atoms with Crippen LogP contribution in [0.5, 0.6) is 0 Å². The average Bonchev–Trinajstić information content (AvgIpc) is 2.92. The van der Waals surface area contributed by atoms with Gasteiger partial charge in [-0.15, -0.1) is 0 Å². The zero-order chi connectivity index (χ0) is 26.6. The first-order valence-electron chi connectivity index (χ1n) is 11.9. The summed E-state index contributed by atoms with van der Waals surface area (Å²) >= 11 is 0. The molecule has 37 heavy (non-hydrogen) atoms. The molecule has 0 aliphatic carbocycles. The standard InChI is InChI=1S/C24H30N4O7S2/c1-18-2-6-21(7-3-18)36(31,32)27-12-10-20(11-13-27)24(30)26-25-23(29)19-4-8-22(9-5-19)37(33,34)28-14-16-35-17-15-28/h2-9,20H,10-17H2,1H3,(H,25,29)(H,26,30). The van der Waals surface area contributed by atoms with E-state index < -0.39 is 37.8 Å². The predicted octanol–water partition coefficient (Wildman–Crippen LogP) is 0.878. The van der Waals surface area contributed by atoms with Gasteiger partial charge in [0.15, 0.2) is 0 Å². The number of nitrogens with zero attached hydrogens (tertiary/aromatic N) is 2. The van der Waals surface area contributed by atoms with Gasteiger partial charge in [-0.25, -0.2) is 16.8 Å². The van der Waals surface area contributed by atoms with Crippen molar-refractivity contribution in [2.45, 2.75) is 29.6 Å². The molecular formula is C24H30N4O7S2. The molecule has 0 spiro atoms. The van der Waals surface area contributed by atoms with Crippen LogP contribution < -0.4 is 10.9 Å². The van der Waals surface area contributed by atoms with Gasteiger partial charge in [0.25, 0.3) is 5.91 Å². The summed E-state index contributed by atoms with van der Waals surface area (Å²) < 4.78 is 59.0. The molecule has 0 atom stereocenters. The Balaban J connectivity index is 1.28. The van der Waals surface area contributed by atoms with Crippen LogP contribution in [0.25, 0.3) is 0 Å². The number of nitrogens with one attached hydrogen (secondary N) is 2. The van der Waals surface area contributed by atoms with Crippen molar-refractivity contribution in [3.63, 3.8) is 0 Å². The van der Waals surface area contributed by atoms with Crippen LogP contribution in [0.1, 0.15) is 28.8 Å². The number of ether oxygens (including phenoxy) is 1. The monoisotopic (exact) mass is 550 g/mol. The highest BCUT2D eigenvalue weighted by Crippen LogP contribution is 2.24. The van der Waals surface area contributed by atoms with Crippen molar-refractivity contribution in [3.05, 3.63) is 59.7 Å². The maximum Gasteiger partial charge on any atom is 0.269 e. The molecule has 11 nitrogen and oxygen atoms in total. The molecule has 0 radical (unpaired) electrons. The molecule has 13 heteroatoms. The lowest BCUT2D eigenvalue weighted by Crippen LogP contribution is -2.48. The second-order valence-electron chi connectivity index (χ2n) is 8.98. The van der Waals surface area contributed by atoms with Gasteiger partial charge in [0.2, 0.25) is 26.0 Å². The van der Waals surface area contributed by atoms with Gasteiger partial charge in [-0.3, -0.25) is 20.4 Å². The van der Waals surface area contributed by atoms with Crippen molar-refractivity contribution in [1.82, 2.24) is 19.5 Å². The Morgan fingerprint density at radius 3 is 1.78 bits per heavy atom. The molecule has 2 N–H and O–H groups in total. The van der Waals surface area contributed by atoms with E-state index in [0.717, 1.165) is 5.56 Å². The summed E-state index contributed by atoms with van der Waals surface area (Å²) in [5.74, 6) is -1.46. The summed E-state index contributed by atoms with van der Waals surface area (Å²) in [6.07, 6.45) is 0.641. The fraction of sp³-hybridized carbons (Fsp3) is 0.417. The first kappa shape index (κ1) is 27.2. The number of sulfonamides is 2. The Morgan fingerprint density at radius 2 is 1.24 bits per heavy atom. The van der Waals surface area contributed by atoms with Crippen LogP contribution in [0, 0.1) is 12.8 Å². The highest BCUT2D eigenvalue weighted by atomic mass is 32.2. The number of amides is 2. The number of rotatable bonds is 6. The molecule has 2 aliphatic rings. The number of hydrogen-bond donors (Lipinski definition) is 2. The zero-order valence-electron chi connectivity index (χ0n) is 20.4. The smallest absolute Gasteiger partial charge is 0.269 e. The minimum Gasteiger partial charge on any atom is -0.379 e. The second kappa shape index (κ2) is 11.3. The molecule has 0 saturated carbocycles. The SMILES string of the molecule is Cc1ccc(S(=O)(=O)N2CCC(C(=O)NNC(=O)c3ccc(S(=O)(=O)N4CCOCC4)cc3)CC2)cc1. The Kier molecular flexibility index (Phi) is 8.29. The molecule has 0 aromatic heterocycles. The van der Waals surface area contributed by atoms with Crippen LogP contribution in [0.15, 0.2) is 58.3 Å². The second-order valence-corrected chi connectivity index (χ2v) is 12.9. The topological polar surface area (TPSA) is 142 Å². The van der Waals surface area contributed by atoms with E-state index in [9.17, 15) is 26.4 Å². The van der Waals surface area contributed by atoms with Gasteiger partial charge < -0.3 is 4.74 Å². The van der Waals surface area contributed by atoms with Crippen LogP contribution in [-0.4, -0.2) is 76.7 Å². The fourth-order valence-corrected chi connectivity index (χ4v) is 7.10. The van der Waals surface area contributed by atoms with Crippen LogP contribution in [-0.2, 0) is 29.6 Å². The molecular weight excluding hydrogens is 520 g/mol. The van der Waals surface area contributed by atoms with Gasteiger partial charge in [0, 0.05) is 37.7 Å². The Labute approximate surface area is 216 Å². The van der Waals surface area contributed by atoms with E-state index in [-0.39, 0.29) is 41.5 Å². The molecule has 2 aromatic rings. The molecule has 200 valence electrons. The van der Waals surface area contributed by atoms with Gasteiger partial charge >= 0.3 is 0 Å². The van der Waals surface area contributed by atoms with Gasteiger partial charge in [-0.05, 0) is 56.2 Å². The molecule has 2 aromatic carbocycles. The molecule has 0 unspecified atom stereocenters. The number of morpholine rings is 1. The van der Waals surface area contributed by atoms with Crippen LogP contribution in [0.4, 0.5) is 0 Å². The minimum absolute atomic E-state index is 0.0716. The van der Waals surface area contributed by atoms with Crippen molar-refractivity contribution in [1.29, 1.82) is 0 Å². The summed E-state index contributed by atoms with van der Waals surface area (Å²) in [6.45, 7) is 3.48. The fourth-order valence-electron chi connectivity index (χ4n) is 4.22. The lowest BCUT2D eigenvalue weighted by molar-refractivity contribution is -0.126. The maximum atomic E-state index is 12.8. The molecule has 2 amide bonds. The van der Waals surface area contributed by atoms with Gasteiger partial charge in [0.1, 0.15) is 0 Å². The van der Waals surface area contributed by atoms with Crippen molar-refractivity contribution in [3.8, 4) is 0 Å². The average molecular weight is 551 g/mol. The van der Waals surface area contributed by atoms with E-state index in [0.29, 0.717) is 26.1 Å². The van der Waals surface area contributed by atoms with E-state index in [4.69, 9.17) is 4.74 Å². The summed E-state index contributed by atoms with van der Waals surface area (Å²) in [5, 5.41) is 0. The number of aryl methyl sites for hydroxylation is 1. The van der Waals surface area contributed by atoms with E-state index in [1.54, 1.807) is 24.3 Å². The molecule has 2 aliphatic heterocycles. The number of carbonyl (C=O) groups is 2. The lowest BCUT2D eigenvalue weighted by Gasteiger charge is -2.30. The van der Waals surface area contributed by atoms with Crippen molar-refractivity contribution in [2.75, 3.05) is 39.4 Å². The van der Waals surface area contributed by atoms with Crippen molar-refractivity contribution < 1.29 is 31.2 Å². The van der Waals surface area contributed by atoms with E-state index >= 15 is 0 Å². The summed E-state index contributed by atoms with van der Waals surface area (Å²) in [7, 11) is -7.31. The first-order valence-corrected chi connectivity index (χ1v) is 14.8. The molecule has 2 saturated heterocycles. The third-order valence-electron chi connectivity index (χ3n) is 6.51. The summed E-state index contributed by atoms with van der Waals surface area (Å²) in [6, 6.07) is 12.1. The lowest BCUT2D eigenvalue weighted by atomic mass is 9.98. The number of carbonyl (C=O) groups excluding carboxylic acids is 2. The third-order valence-corrected chi connectivity index (χ3v) is 10.3. The van der Waals surface area contributed by atoms with Crippen LogP contribution in [0.2, 0.25) is 0 Å². The largest absolute Gasteiger partial charge is 0.379 e. The number of hydrazine groups is 1. The highest BCUT2D eigenvalue weighted by molar-refractivity contribution is 7.89. The predicted molar refractivity (Wildman–Crippen MR) is 134 cm³/mol. The maximum absolute atomic E-state index is 12.8. The number of benzene rings is 2. The summed E-state index contributed by atoms with van der Waals surface area (Å²) in [5.41, 5.74) is 5.88. The minimum atomic E-state index is -3.67. The Hall–Kier alpha value is -2.84. The van der Waals surface area contributed by atoms with E-state index in [1.807, 2.05) is 6.92 Å². The first-order chi connectivity index (χ1) is 17.6. The van der Waals surface area contributed by atoms with Crippen LogP contribution >= 0.6 is 0 Å². The number of piperidine rings is 1. The van der Waals surface area contributed by atoms with E-state index in [1.165, 1.54) is 32.9 Å². The Bertz CT molecular complexity index is 1330. The molecule has 2 heterocycles. The molecule has 0 bridgehead atoms. The normalized spacial score (nSPS) is 18.3. The molecule has 2 fully saturated rings. The highest BCUT2D eigenvalue weighted by Gasteiger charge is 2.32. The van der Waals surface area contributed by atoms with Crippen molar-refractivity contribution >= 4 is 31.9 Å². The van der Waals surface area contributed by atoms with E-state index in [2.05, 4.69) is 10.9 Å². The molecule has 4 rings (SSSR count).